The largest absolute Gasteiger partial charge is 0.269 e. The van der Waals surface area contributed by atoms with Gasteiger partial charge in [0, 0.05) is 28.9 Å². The van der Waals surface area contributed by atoms with Gasteiger partial charge in [0.15, 0.2) is 0 Å². The maximum absolute atomic E-state index is 13.6. The molecule has 0 aliphatic carbocycles. The molecule has 5 aromatic rings. The molecule has 1 aromatic heterocycles. The quantitative estimate of drug-likeness (QED) is 0.185. The first-order chi connectivity index (χ1) is 18.6. The highest BCUT2D eigenvalue weighted by Gasteiger charge is 2.35. The summed E-state index contributed by atoms with van der Waals surface area (Å²) in [6, 6.07) is 25.9. The Kier molecular flexibility index (Phi) is 5.93. The molecule has 184 valence electrons. The van der Waals surface area contributed by atoms with Crippen LogP contribution in [-0.2, 0) is 0 Å². The van der Waals surface area contributed by atoms with Crippen molar-refractivity contribution >= 4 is 33.4 Å². The van der Waals surface area contributed by atoms with E-state index in [4.69, 9.17) is 0 Å². The fourth-order valence-electron chi connectivity index (χ4n) is 5.46. The Morgan fingerprint density at radius 3 is 1.95 bits per heavy atom. The molecule has 4 nitrogen and oxygen atoms in total. The number of amides is 2. The van der Waals surface area contributed by atoms with E-state index in [9.17, 15) is 9.59 Å². The predicted molar refractivity (Wildman–Crippen MR) is 154 cm³/mol. The standard InChI is InChI=1S/C34H26N2O2/c1-3-4-5-9-22(2)36-33(37)30-13-8-12-29-28(16-17-31(32(29)30)34(36)38)27-15-14-24(23-18-20-35-21-19-23)25-10-6-7-11-26(25)27/h3-22H,1-2H3/b4-3-,9-5-. The Labute approximate surface area is 221 Å². The molecule has 0 N–H and O–H groups in total. The summed E-state index contributed by atoms with van der Waals surface area (Å²) in [5.41, 5.74) is 5.42. The first-order valence-electron chi connectivity index (χ1n) is 12.8. The minimum Gasteiger partial charge on any atom is -0.269 e. The predicted octanol–water partition coefficient (Wildman–Crippen LogP) is 7.84. The Hall–Kier alpha value is -4.83. The van der Waals surface area contributed by atoms with Crippen LogP contribution in [0.1, 0.15) is 34.6 Å². The van der Waals surface area contributed by atoms with Gasteiger partial charge in [0.1, 0.15) is 0 Å². The summed E-state index contributed by atoms with van der Waals surface area (Å²) in [7, 11) is 0. The molecule has 1 atom stereocenters. The number of imide groups is 1. The SMILES string of the molecule is C/C=C\C=C/C(C)N1C(=O)c2cccc3c(-c4ccc(-c5ccncc5)c5ccccc45)ccc(c23)C1=O. The highest BCUT2D eigenvalue weighted by molar-refractivity contribution is 6.27. The highest BCUT2D eigenvalue weighted by Crippen LogP contribution is 2.41. The molecule has 1 unspecified atom stereocenters. The smallest absolute Gasteiger partial charge is 0.261 e. The number of aromatic nitrogens is 1. The highest BCUT2D eigenvalue weighted by atomic mass is 16.2. The lowest BCUT2D eigenvalue weighted by Gasteiger charge is -2.31. The van der Waals surface area contributed by atoms with E-state index in [1.807, 2.05) is 92.7 Å². The maximum atomic E-state index is 13.6. The van der Waals surface area contributed by atoms with Crippen LogP contribution in [0.4, 0.5) is 0 Å². The molecular weight excluding hydrogens is 468 g/mol. The number of carbonyl (C=O) groups excluding carboxylic acids is 2. The zero-order chi connectivity index (χ0) is 26.2. The van der Waals surface area contributed by atoms with Crippen LogP contribution in [0.25, 0.3) is 43.8 Å². The average molecular weight is 495 g/mol. The van der Waals surface area contributed by atoms with Crippen molar-refractivity contribution in [2.75, 3.05) is 0 Å². The molecule has 0 fully saturated rings. The van der Waals surface area contributed by atoms with Gasteiger partial charge in [-0.05, 0) is 76.5 Å². The molecule has 0 radical (unpaired) electrons. The van der Waals surface area contributed by atoms with E-state index >= 15 is 0 Å². The van der Waals surface area contributed by atoms with Crippen LogP contribution in [-0.4, -0.2) is 27.7 Å². The van der Waals surface area contributed by atoms with Gasteiger partial charge >= 0.3 is 0 Å². The van der Waals surface area contributed by atoms with Crippen LogP contribution < -0.4 is 0 Å². The van der Waals surface area contributed by atoms with Crippen LogP contribution >= 0.6 is 0 Å². The molecule has 4 heteroatoms. The lowest BCUT2D eigenvalue weighted by Crippen LogP contribution is -2.45. The van der Waals surface area contributed by atoms with Crippen LogP contribution in [0, 0.1) is 0 Å². The van der Waals surface area contributed by atoms with Crippen molar-refractivity contribution in [2.24, 2.45) is 0 Å². The van der Waals surface area contributed by atoms with Gasteiger partial charge in [0.2, 0.25) is 0 Å². The molecule has 1 aliphatic heterocycles. The van der Waals surface area contributed by atoms with Gasteiger partial charge in [-0.15, -0.1) is 0 Å². The van der Waals surface area contributed by atoms with Gasteiger partial charge in [-0.25, -0.2) is 0 Å². The van der Waals surface area contributed by atoms with Crippen molar-refractivity contribution in [1.29, 1.82) is 0 Å². The van der Waals surface area contributed by atoms with Gasteiger partial charge < -0.3 is 0 Å². The maximum Gasteiger partial charge on any atom is 0.261 e. The van der Waals surface area contributed by atoms with Crippen molar-refractivity contribution in [1.82, 2.24) is 9.88 Å². The van der Waals surface area contributed by atoms with Crippen LogP contribution in [0.15, 0.2) is 116 Å². The molecule has 2 amide bonds. The number of carbonyl (C=O) groups is 2. The van der Waals surface area contributed by atoms with Crippen molar-refractivity contribution in [3.63, 3.8) is 0 Å². The second kappa shape index (κ2) is 9.56. The number of fused-ring (bicyclic) bond motifs is 1. The number of hydrogen-bond donors (Lipinski definition) is 0. The van der Waals surface area contributed by atoms with Gasteiger partial charge in [-0.3, -0.25) is 19.5 Å². The lowest BCUT2D eigenvalue weighted by atomic mass is 9.86. The molecule has 0 bridgehead atoms. The Morgan fingerprint density at radius 1 is 0.658 bits per heavy atom. The third-order valence-corrected chi connectivity index (χ3v) is 7.25. The fraction of sp³-hybridized carbons (Fsp3) is 0.0882. The van der Waals surface area contributed by atoms with Crippen LogP contribution in [0.2, 0.25) is 0 Å². The van der Waals surface area contributed by atoms with E-state index in [0.29, 0.717) is 11.1 Å². The summed E-state index contributed by atoms with van der Waals surface area (Å²) < 4.78 is 0. The summed E-state index contributed by atoms with van der Waals surface area (Å²) in [6.45, 7) is 3.79. The summed E-state index contributed by atoms with van der Waals surface area (Å²) in [5.74, 6) is -0.526. The first kappa shape index (κ1) is 23.6. The molecular formula is C34H26N2O2. The van der Waals surface area contributed by atoms with Gasteiger partial charge in [-0.2, -0.15) is 0 Å². The third-order valence-electron chi connectivity index (χ3n) is 7.25. The molecule has 38 heavy (non-hydrogen) atoms. The number of nitrogens with zero attached hydrogens (tertiary/aromatic N) is 2. The van der Waals surface area contributed by atoms with E-state index in [0.717, 1.165) is 43.8 Å². The molecule has 6 rings (SSSR count). The van der Waals surface area contributed by atoms with Crippen molar-refractivity contribution < 1.29 is 9.59 Å². The first-order valence-corrected chi connectivity index (χ1v) is 12.8. The number of allylic oxidation sites excluding steroid dienone is 3. The monoisotopic (exact) mass is 494 g/mol. The zero-order valence-corrected chi connectivity index (χ0v) is 21.3. The molecule has 4 aromatic carbocycles. The third kappa shape index (κ3) is 3.73. The zero-order valence-electron chi connectivity index (χ0n) is 21.3. The summed E-state index contributed by atoms with van der Waals surface area (Å²) in [5, 5.41) is 3.88. The minimum absolute atomic E-state index is 0.263. The van der Waals surface area contributed by atoms with Crippen molar-refractivity contribution in [3.05, 3.63) is 127 Å². The summed E-state index contributed by atoms with van der Waals surface area (Å²) in [4.78, 5) is 32.7. The van der Waals surface area contributed by atoms with E-state index in [-0.39, 0.29) is 17.9 Å². The second-order valence-corrected chi connectivity index (χ2v) is 9.46. The Bertz CT molecular complexity index is 1760. The van der Waals surface area contributed by atoms with Crippen LogP contribution in [0.3, 0.4) is 0 Å². The summed E-state index contributed by atoms with van der Waals surface area (Å²) >= 11 is 0. The molecule has 0 saturated heterocycles. The lowest BCUT2D eigenvalue weighted by molar-refractivity contribution is 0.0580. The number of rotatable bonds is 5. The van der Waals surface area contributed by atoms with Crippen LogP contribution in [0.5, 0.6) is 0 Å². The van der Waals surface area contributed by atoms with E-state index < -0.39 is 0 Å². The number of benzene rings is 4. The Balaban J connectivity index is 1.54. The second-order valence-electron chi connectivity index (χ2n) is 9.46. The van der Waals surface area contributed by atoms with Gasteiger partial charge in [0.05, 0.1) is 6.04 Å². The normalized spacial score (nSPS) is 14.3. The molecule has 0 spiro atoms. The van der Waals surface area contributed by atoms with E-state index in [2.05, 4.69) is 29.2 Å². The number of pyridine rings is 1. The van der Waals surface area contributed by atoms with Crippen molar-refractivity contribution in [2.45, 2.75) is 19.9 Å². The Morgan fingerprint density at radius 2 is 1.24 bits per heavy atom. The molecule has 0 saturated carbocycles. The molecule has 1 aliphatic rings. The van der Waals surface area contributed by atoms with Crippen molar-refractivity contribution in [3.8, 4) is 22.3 Å². The minimum atomic E-state index is -0.362. The van der Waals surface area contributed by atoms with E-state index in [1.54, 1.807) is 12.4 Å². The topological polar surface area (TPSA) is 50.3 Å². The van der Waals surface area contributed by atoms with E-state index in [1.165, 1.54) is 4.90 Å². The average Bonchev–Trinajstić information content (AvgIpc) is 2.96. The molecule has 2 heterocycles. The fourth-order valence-corrected chi connectivity index (χ4v) is 5.46. The summed E-state index contributed by atoms with van der Waals surface area (Å²) in [6.07, 6.45) is 11.1. The van der Waals surface area contributed by atoms with Gasteiger partial charge in [-0.1, -0.05) is 78.9 Å². The van der Waals surface area contributed by atoms with Gasteiger partial charge in [0.25, 0.3) is 11.8 Å². The number of hydrogen-bond acceptors (Lipinski definition) is 3.